The molecule has 0 aliphatic carbocycles. The fourth-order valence-electron chi connectivity index (χ4n) is 2.71. The van der Waals surface area contributed by atoms with Crippen molar-refractivity contribution in [3.05, 3.63) is 47.1 Å². The summed E-state index contributed by atoms with van der Waals surface area (Å²) in [6, 6.07) is 5.73. The van der Waals surface area contributed by atoms with Gasteiger partial charge in [0, 0.05) is 17.4 Å². The Balaban J connectivity index is 2.63. The van der Waals surface area contributed by atoms with E-state index in [1.807, 2.05) is 0 Å². The van der Waals surface area contributed by atoms with Crippen LogP contribution < -0.4 is 0 Å². The number of ether oxygens (including phenoxy) is 1. The molecule has 0 aromatic heterocycles. The highest BCUT2D eigenvalue weighted by Gasteiger charge is 2.41. The van der Waals surface area contributed by atoms with Crippen LogP contribution in [-0.4, -0.2) is 37.8 Å². The number of aliphatic hydroxyl groups excluding tert-OH is 1. The molecule has 8 heteroatoms. The molecule has 1 aromatic rings. The van der Waals surface area contributed by atoms with Crippen molar-refractivity contribution in [1.82, 2.24) is 0 Å². The zero-order valence-corrected chi connectivity index (χ0v) is 15.0. The van der Waals surface area contributed by atoms with E-state index in [9.17, 15) is 26.7 Å². The fraction of sp³-hybridized carbons (Fsp3) is 0.412. The van der Waals surface area contributed by atoms with E-state index >= 15 is 0 Å². The normalized spacial score (nSPS) is 21.8. The van der Waals surface area contributed by atoms with Gasteiger partial charge in [0.05, 0.1) is 10.5 Å². The van der Waals surface area contributed by atoms with Gasteiger partial charge < -0.3 is 9.84 Å². The minimum Gasteiger partial charge on any atom is -0.364 e. The highest BCUT2D eigenvalue weighted by Crippen LogP contribution is 2.43. The fourth-order valence-corrected chi connectivity index (χ4v) is 3.34. The van der Waals surface area contributed by atoms with Gasteiger partial charge in [0.25, 0.3) is 0 Å². The molecule has 0 radical (unpaired) electrons. The number of halogens is 3. The lowest BCUT2D eigenvalue weighted by Gasteiger charge is -2.22. The van der Waals surface area contributed by atoms with E-state index in [0.29, 0.717) is 11.1 Å². The van der Waals surface area contributed by atoms with Crippen molar-refractivity contribution in [2.24, 2.45) is 0 Å². The van der Waals surface area contributed by atoms with Crippen LogP contribution in [-0.2, 0) is 14.6 Å². The molecule has 0 amide bonds. The Morgan fingerprint density at radius 2 is 1.76 bits per heavy atom. The number of allylic oxidation sites excluding steroid dienone is 1. The molecule has 1 atom stereocenters. The van der Waals surface area contributed by atoms with Crippen LogP contribution in [0.3, 0.4) is 0 Å². The van der Waals surface area contributed by atoms with E-state index in [1.165, 1.54) is 24.3 Å². The van der Waals surface area contributed by atoms with Crippen LogP contribution in [0.5, 0.6) is 0 Å². The predicted octanol–water partition coefficient (Wildman–Crippen LogP) is 3.48. The Bertz CT molecular complexity index is 832. The SMILES string of the molecule is CC(=CC1=C(c2ccc(S(C)(=O)=O)cc2)C(C)(C)OC1O)C(F)(F)F. The minimum absolute atomic E-state index is 0.00642. The van der Waals surface area contributed by atoms with E-state index < -0.39 is 33.5 Å². The quantitative estimate of drug-likeness (QED) is 0.877. The molecule has 0 spiro atoms. The van der Waals surface area contributed by atoms with Crippen LogP contribution in [0.4, 0.5) is 13.2 Å². The molecule has 25 heavy (non-hydrogen) atoms. The third kappa shape index (κ3) is 4.13. The monoisotopic (exact) mass is 376 g/mol. The standard InChI is InChI=1S/C17H19F3O4S/c1-10(17(18,19)20)9-13-14(16(2,3)24-15(13)21)11-5-7-12(8-6-11)25(4,22)23/h5-9,15,21H,1-4H3. The number of alkyl halides is 3. The Morgan fingerprint density at radius 3 is 2.20 bits per heavy atom. The summed E-state index contributed by atoms with van der Waals surface area (Å²) in [5.41, 5.74) is -1.04. The molecule has 0 saturated carbocycles. The summed E-state index contributed by atoms with van der Waals surface area (Å²) in [7, 11) is -3.39. The molecule has 4 nitrogen and oxygen atoms in total. The Kier molecular flexibility index (Phi) is 4.93. The topological polar surface area (TPSA) is 63.6 Å². The second-order valence-electron chi connectivity index (χ2n) is 6.43. The Hall–Kier alpha value is -1.64. The van der Waals surface area contributed by atoms with E-state index in [0.717, 1.165) is 19.3 Å². The third-order valence-corrected chi connectivity index (χ3v) is 5.08. The molecule has 1 aromatic carbocycles. The van der Waals surface area contributed by atoms with E-state index in [-0.39, 0.29) is 10.5 Å². The molecular formula is C17H19F3O4S. The zero-order chi connectivity index (χ0) is 19.2. The maximum absolute atomic E-state index is 12.9. The summed E-state index contributed by atoms with van der Waals surface area (Å²) in [5.74, 6) is 0. The lowest BCUT2D eigenvalue weighted by molar-refractivity contribution is -0.109. The van der Waals surface area contributed by atoms with E-state index in [4.69, 9.17) is 4.74 Å². The van der Waals surface area contributed by atoms with Gasteiger partial charge >= 0.3 is 6.18 Å². The number of sulfone groups is 1. The molecule has 138 valence electrons. The number of benzene rings is 1. The van der Waals surface area contributed by atoms with Crippen molar-refractivity contribution in [2.75, 3.05) is 6.26 Å². The van der Waals surface area contributed by atoms with E-state index in [2.05, 4.69) is 0 Å². The average molecular weight is 376 g/mol. The number of hydrogen-bond donors (Lipinski definition) is 1. The highest BCUT2D eigenvalue weighted by molar-refractivity contribution is 7.90. The first kappa shape index (κ1) is 19.7. The highest BCUT2D eigenvalue weighted by atomic mass is 32.2. The molecule has 1 heterocycles. The smallest absolute Gasteiger partial charge is 0.364 e. The van der Waals surface area contributed by atoms with Crippen LogP contribution in [0.15, 0.2) is 46.4 Å². The van der Waals surface area contributed by atoms with Crippen molar-refractivity contribution >= 4 is 15.4 Å². The molecule has 0 fully saturated rings. The van der Waals surface area contributed by atoms with Gasteiger partial charge in [-0.1, -0.05) is 12.1 Å². The Morgan fingerprint density at radius 1 is 1.24 bits per heavy atom. The maximum Gasteiger partial charge on any atom is 0.412 e. The second kappa shape index (κ2) is 6.26. The molecular weight excluding hydrogens is 357 g/mol. The lowest BCUT2D eigenvalue weighted by atomic mass is 9.88. The predicted molar refractivity (Wildman–Crippen MR) is 87.5 cm³/mol. The summed E-state index contributed by atoms with van der Waals surface area (Å²) in [6.07, 6.45) is -4.10. The largest absolute Gasteiger partial charge is 0.412 e. The summed E-state index contributed by atoms with van der Waals surface area (Å²) in [4.78, 5) is 0.0951. The first-order chi connectivity index (χ1) is 11.2. The van der Waals surface area contributed by atoms with Crippen molar-refractivity contribution < 1.29 is 31.4 Å². The van der Waals surface area contributed by atoms with Crippen LogP contribution in [0.1, 0.15) is 26.3 Å². The van der Waals surface area contributed by atoms with Gasteiger partial charge in [-0.05, 0) is 50.1 Å². The van der Waals surface area contributed by atoms with Crippen molar-refractivity contribution in [3.8, 4) is 0 Å². The first-order valence-corrected chi connectivity index (χ1v) is 9.29. The summed E-state index contributed by atoms with van der Waals surface area (Å²) in [6.45, 7) is 4.16. The van der Waals surface area contributed by atoms with Crippen LogP contribution in [0, 0.1) is 0 Å². The van der Waals surface area contributed by atoms with Gasteiger partial charge in [-0.3, -0.25) is 0 Å². The lowest BCUT2D eigenvalue weighted by Crippen LogP contribution is -2.24. The van der Waals surface area contributed by atoms with Gasteiger partial charge in [-0.15, -0.1) is 0 Å². The van der Waals surface area contributed by atoms with E-state index in [1.54, 1.807) is 13.8 Å². The second-order valence-corrected chi connectivity index (χ2v) is 8.45. The summed E-state index contributed by atoms with van der Waals surface area (Å²) >= 11 is 0. The van der Waals surface area contributed by atoms with Gasteiger partial charge in [0.15, 0.2) is 16.1 Å². The minimum atomic E-state index is -4.52. The van der Waals surface area contributed by atoms with Crippen LogP contribution in [0.2, 0.25) is 0 Å². The van der Waals surface area contributed by atoms with Gasteiger partial charge in [-0.25, -0.2) is 8.42 Å². The molecule has 0 bridgehead atoms. The van der Waals surface area contributed by atoms with Gasteiger partial charge in [0.2, 0.25) is 0 Å². The number of aliphatic hydroxyl groups is 1. The molecule has 0 saturated heterocycles. The molecule has 1 N–H and O–H groups in total. The molecule has 2 rings (SSSR count). The van der Waals surface area contributed by atoms with Gasteiger partial charge in [-0.2, -0.15) is 13.2 Å². The van der Waals surface area contributed by atoms with Crippen molar-refractivity contribution in [1.29, 1.82) is 0 Å². The molecule has 1 unspecified atom stereocenters. The Labute approximate surface area is 144 Å². The first-order valence-electron chi connectivity index (χ1n) is 7.40. The zero-order valence-electron chi connectivity index (χ0n) is 14.2. The number of rotatable bonds is 3. The average Bonchev–Trinajstić information content (AvgIpc) is 2.66. The van der Waals surface area contributed by atoms with Crippen LogP contribution >= 0.6 is 0 Å². The maximum atomic E-state index is 12.9. The summed E-state index contributed by atoms with van der Waals surface area (Å²) < 4.78 is 67.1. The molecule has 1 aliphatic heterocycles. The van der Waals surface area contributed by atoms with Crippen molar-refractivity contribution in [3.63, 3.8) is 0 Å². The van der Waals surface area contributed by atoms with Crippen LogP contribution in [0.25, 0.3) is 5.57 Å². The summed E-state index contributed by atoms with van der Waals surface area (Å²) in [5, 5.41) is 10.1. The molecule has 1 aliphatic rings. The van der Waals surface area contributed by atoms with Crippen molar-refractivity contribution in [2.45, 2.75) is 43.7 Å². The number of hydrogen-bond acceptors (Lipinski definition) is 4. The van der Waals surface area contributed by atoms with Gasteiger partial charge in [0.1, 0.15) is 0 Å². The third-order valence-electron chi connectivity index (χ3n) is 3.95.